The maximum atomic E-state index is 13.5. The molecule has 0 fully saturated rings. The smallest absolute Gasteiger partial charge is 0.241 e. The molecule has 1 aromatic carbocycles. The Morgan fingerprint density at radius 3 is 2.80 bits per heavy atom. The minimum Gasteiger partial charge on any atom is -0.392 e. The van der Waals surface area contributed by atoms with E-state index in [0.29, 0.717) is 5.82 Å². The number of aromatic nitrogens is 3. The number of rotatable bonds is 5. The van der Waals surface area contributed by atoms with Crippen molar-refractivity contribution in [3.8, 4) is 0 Å². The topological polar surface area (TPSA) is 108 Å². The number of sulfonamides is 1. The standard InChI is InChI=1S/C10H10ClFN4O3S/c11-10-6(4-17)1-7(2-8(10)12)20(18,19)15-3-9-13-5-14-16-9/h1-2,5,15,17H,3-4H2,(H,13,14,16). The molecule has 0 saturated carbocycles. The molecule has 3 N–H and O–H groups in total. The molecule has 0 aliphatic rings. The minimum absolute atomic E-state index is 0.00768. The largest absolute Gasteiger partial charge is 0.392 e. The Morgan fingerprint density at radius 1 is 1.45 bits per heavy atom. The molecule has 10 heteroatoms. The second kappa shape index (κ2) is 5.83. The average molecular weight is 321 g/mol. The van der Waals surface area contributed by atoms with Gasteiger partial charge in [-0.25, -0.2) is 22.5 Å². The first kappa shape index (κ1) is 14.9. The van der Waals surface area contributed by atoms with Crippen LogP contribution in [-0.2, 0) is 23.2 Å². The van der Waals surface area contributed by atoms with E-state index in [-0.39, 0.29) is 22.0 Å². The summed E-state index contributed by atoms with van der Waals surface area (Å²) >= 11 is 5.60. The predicted octanol–water partition coefficient (Wildman–Crippen LogP) is 0.568. The van der Waals surface area contributed by atoms with Crippen molar-refractivity contribution in [3.05, 3.63) is 40.7 Å². The molecule has 0 spiro atoms. The molecule has 2 aromatic rings. The molecule has 1 aromatic heterocycles. The van der Waals surface area contributed by atoms with E-state index >= 15 is 0 Å². The molecule has 0 amide bonds. The van der Waals surface area contributed by atoms with Crippen molar-refractivity contribution in [3.63, 3.8) is 0 Å². The summed E-state index contributed by atoms with van der Waals surface area (Å²) in [6.07, 6.45) is 1.23. The van der Waals surface area contributed by atoms with Crippen molar-refractivity contribution in [1.29, 1.82) is 0 Å². The fraction of sp³-hybridized carbons (Fsp3) is 0.200. The van der Waals surface area contributed by atoms with Crippen molar-refractivity contribution < 1.29 is 17.9 Å². The maximum Gasteiger partial charge on any atom is 0.241 e. The van der Waals surface area contributed by atoms with E-state index in [1.807, 2.05) is 0 Å². The zero-order chi connectivity index (χ0) is 14.8. The van der Waals surface area contributed by atoms with Gasteiger partial charge in [-0.05, 0) is 12.1 Å². The number of nitrogens with zero attached hydrogens (tertiary/aromatic N) is 2. The highest BCUT2D eigenvalue weighted by molar-refractivity contribution is 7.89. The molecule has 0 bridgehead atoms. The molecule has 0 radical (unpaired) electrons. The SMILES string of the molecule is O=S(=O)(NCc1ncn[nH]1)c1cc(F)c(Cl)c(CO)c1. The third-order valence-corrected chi connectivity index (χ3v) is 4.26. The lowest BCUT2D eigenvalue weighted by atomic mass is 10.2. The highest BCUT2D eigenvalue weighted by Gasteiger charge is 2.19. The molecular formula is C10H10ClFN4O3S. The van der Waals surface area contributed by atoms with Gasteiger partial charge < -0.3 is 5.11 Å². The summed E-state index contributed by atoms with van der Waals surface area (Å²) in [4.78, 5) is 3.42. The highest BCUT2D eigenvalue weighted by atomic mass is 35.5. The summed E-state index contributed by atoms with van der Waals surface area (Å²) in [6, 6.07) is 1.89. The second-order valence-corrected chi connectivity index (χ2v) is 5.94. The lowest BCUT2D eigenvalue weighted by Gasteiger charge is -2.08. The van der Waals surface area contributed by atoms with E-state index in [1.54, 1.807) is 0 Å². The number of nitrogens with one attached hydrogen (secondary N) is 2. The molecule has 0 saturated heterocycles. The van der Waals surface area contributed by atoms with Gasteiger partial charge in [0.2, 0.25) is 10.0 Å². The fourth-order valence-corrected chi connectivity index (χ4v) is 2.67. The zero-order valence-electron chi connectivity index (χ0n) is 9.97. The first-order valence-electron chi connectivity index (χ1n) is 5.36. The fourth-order valence-electron chi connectivity index (χ4n) is 1.45. The van der Waals surface area contributed by atoms with Gasteiger partial charge in [-0.15, -0.1) is 0 Å². The van der Waals surface area contributed by atoms with Gasteiger partial charge in [0.15, 0.2) is 0 Å². The van der Waals surface area contributed by atoms with E-state index in [4.69, 9.17) is 16.7 Å². The zero-order valence-corrected chi connectivity index (χ0v) is 11.5. The Bertz CT molecular complexity index is 706. The third kappa shape index (κ3) is 3.12. The summed E-state index contributed by atoms with van der Waals surface area (Å²) < 4.78 is 39.7. The lowest BCUT2D eigenvalue weighted by Crippen LogP contribution is -2.24. The van der Waals surface area contributed by atoms with E-state index in [9.17, 15) is 12.8 Å². The monoisotopic (exact) mass is 320 g/mol. The molecule has 0 atom stereocenters. The van der Waals surface area contributed by atoms with Crippen molar-refractivity contribution in [2.45, 2.75) is 18.0 Å². The van der Waals surface area contributed by atoms with Gasteiger partial charge >= 0.3 is 0 Å². The van der Waals surface area contributed by atoms with E-state index in [2.05, 4.69) is 19.9 Å². The van der Waals surface area contributed by atoms with Crippen LogP contribution in [0.5, 0.6) is 0 Å². The summed E-state index contributed by atoms with van der Waals surface area (Å²) in [5, 5.41) is 14.8. The second-order valence-electron chi connectivity index (χ2n) is 3.79. The first-order chi connectivity index (χ1) is 9.44. The van der Waals surface area contributed by atoms with Crippen LogP contribution in [0, 0.1) is 5.82 Å². The Balaban J connectivity index is 2.27. The van der Waals surface area contributed by atoms with Crippen LogP contribution in [0.25, 0.3) is 0 Å². The van der Waals surface area contributed by atoms with Crippen molar-refractivity contribution in [1.82, 2.24) is 19.9 Å². The molecule has 2 rings (SSSR count). The number of benzene rings is 1. The Kier molecular flexibility index (Phi) is 4.33. The van der Waals surface area contributed by atoms with Gasteiger partial charge in [0.1, 0.15) is 18.0 Å². The van der Waals surface area contributed by atoms with Crippen molar-refractivity contribution >= 4 is 21.6 Å². The quantitative estimate of drug-likeness (QED) is 0.746. The van der Waals surface area contributed by atoms with Crippen LogP contribution in [0.3, 0.4) is 0 Å². The summed E-state index contributed by atoms with van der Waals surface area (Å²) in [5.74, 6) is -0.608. The summed E-state index contributed by atoms with van der Waals surface area (Å²) in [7, 11) is -3.96. The van der Waals surface area contributed by atoms with Gasteiger partial charge in [0.05, 0.1) is 23.1 Å². The minimum atomic E-state index is -3.96. The lowest BCUT2D eigenvalue weighted by molar-refractivity contribution is 0.281. The summed E-state index contributed by atoms with van der Waals surface area (Å²) in [6.45, 7) is -0.692. The normalized spacial score (nSPS) is 11.8. The van der Waals surface area contributed by atoms with Gasteiger partial charge in [-0.3, -0.25) is 5.10 Å². The Labute approximate surface area is 118 Å². The number of aliphatic hydroxyl groups is 1. The first-order valence-corrected chi connectivity index (χ1v) is 7.23. The number of aliphatic hydroxyl groups excluding tert-OH is 1. The highest BCUT2D eigenvalue weighted by Crippen LogP contribution is 2.24. The van der Waals surface area contributed by atoms with E-state index < -0.39 is 22.4 Å². The maximum absolute atomic E-state index is 13.5. The van der Waals surface area contributed by atoms with E-state index in [0.717, 1.165) is 12.1 Å². The van der Waals surface area contributed by atoms with Crippen molar-refractivity contribution in [2.24, 2.45) is 0 Å². The van der Waals surface area contributed by atoms with Crippen LogP contribution >= 0.6 is 11.6 Å². The van der Waals surface area contributed by atoms with Crippen LogP contribution in [0.15, 0.2) is 23.4 Å². The number of halogens is 2. The van der Waals surface area contributed by atoms with Crippen LogP contribution in [0.1, 0.15) is 11.4 Å². The van der Waals surface area contributed by atoms with Crippen molar-refractivity contribution in [2.75, 3.05) is 0 Å². The Hall–Kier alpha value is -1.55. The number of hydrogen-bond acceptors (Lipinski definition) is 5. The molecule has 0 aliphatic heterocycles. The van der Waals surface area contributed by atoms with Crippen LogP contribution in [0.2, 0.25) is 5.02 Å². The molecule has 7 nitrogen and oxygen atoms in total. The number of aromatic amines is 1. The molecule has 20 heavy (non-hydrogen) atoms. The third-order valence-electron chi connectivity index (χ3n) is 2.45. The Morgan fingerprint density at radius 2 is 2.20 bits per heavy atom. The van der Waals surface area contributed by atoms with Gasteiger partial charge in [-0.2, -0.15) is 5.10 Å². The number of H-pyrrole nitrogens is 1. The van der Waals surface area contributed by atoms with E-state index in [1.165, 1.54) is 6.33 Å². The molecule has 0 aliphatic carbocycles. The average Bonchev–Trinajstić information content (AvgIpc) is 2.92. The molecule has 108 valence electrons. The predicted molar refractivity (Wildman–Crippen MR) is 67.7 cm³/mol. The molecule has 1 heterocycles. The van der Waals surface area contributed by atoms with Crippen LogP contribution in [0.4, 0.5) is 4.39 Å². The molecular weight excluding hydrogens is 311 g/mol. The summed E-state index contributed by atoms with van der Waals surface area (Å²) in [5.41, 5.74) is -0.00768. The van der Waals surface area contributed by atoms with Gasteiger partial charge in [-0.1, -0.05) is 11.6 Å². The van der Waals surface area contributed by atoms with Gasteiger partial charge in [0, 0.05) is 5.56 Å². The number of hydrogen-bond donors (Lipinski definition) is 3. The van der Waals surface area contributed by atoms with Crippen LogP contribution < -0.4 is 4.72 Å². The van der Waals surface area contributed by atoms with Gasteiger partial charge in [0.25, 0.3) is 0 Å². The molecule has 0 unspecified atom stereocenters. The van der Waals surface area contributed by atoms with Crippen LogP contribution in [-0.4, -0.2) is 28.7 Å².